The van der Waals surface area contributed by atoms with Crippen molar-refractivity contribution in [3.63, 3.8) is 0 Å². The van der Waals surface area contributed by atoms with Crippen LogP contribution in [0.1, 0.15) is 78.2 Å². The molecule has 5 nitrogen and oxygen atoms in total. The maximum Gasteiger partial charge on any atom is 0.163 e. The molecule has 2 atom stereocenters. The average Bonchev–Trinajstić information content (AvgIpc) is 2.88. The Morgan fingerprint density at radius 2 is 1.94 bits per heavy atom. The standard InChI is InChI=1S/C30H35NO4S/c1-3-7-26-27(16-15-25(20(2)32)29(26)33)36-19-21-11-13-22(14-12-21)30(23-8-6-9-24(31)18-23)35-28-10-4-5-17-34-28/h6,8-9,11-16,18,28,30,33H,3-5,7,10,17,19,31H2,1-2H3. The van der Waals surface area contributed by atoms with Crippen molar-refractivity contribution >= 4 is 23.2 Å². The Balaban J connectivity index is 1.51. The van der Waals surface area contributed by atoms with Crippen molar-refractivity contribution in [3.8, 4) is 5.75 Å². The zero-order chi connectivity index (χ0) is 25.5. The van der Waals surface area contributed by atoms with Gasteiger partial charge in [0, 0.05) is 28.5 Å². The number of hydrogen-bond acceptors (Lipinski definition) is 6. The smallest absolute Gasteiger partial charge is 0.163 e. The minimum Gasteiger partial charge on any atom is -0.507 e. The molecule has 0 aromatic heterocycles. The van der Waals surface area contributed by atoms with E-state index < -0.39 is 0 Å². The van der Waals surface area contributed by atoms with Crippen LogP contribution in [-0.4, -0.2) is 23.8 Å². The summed E-state index contributed by atoms with van der Waals surface area (Å²) in [5.74, 6) is 0.759. The lowest BCUT2D eigenvalue weighted by Gasteiger charge is -2.28. The molecule has 1 aliphatic heterocycles. The van der Waals surface area contributed by atoms with E-state index in [1.807, 2.05) is 30.3 Å². The van der Waals surface area contributed by atoms with Crippen LogP contribution in [-0.2, 0) is 21.6 Å². The summed E-state index contributed by atoms with van der Waals surface area (Å²) in [7, 11) is 0. The maximum atomic E-state index is 11.9. The highest BCUT2D eigenvalue weighted by molar-refractivity contribution is 7.98. The molecule has 36 heavy (non-hydrogen) atoms. The lowest BCUT2D eigenvalue weighted by atomic mass is 9.99. The third kappa shape index (κ3) is 6.49. The van der Waals surface area contributed by atoms with Crippen molar-refractivity contribution in [3.05, 3.63) is 88.5 Å². The first-order chi connectivity index (χ1) is 17.5. The number of nitrogens with two attached hydrogens (primary N) is 1. The second-order valence-corrected chi connectivity index (χ2v) is 10.3. The molecule has 0 saturated carbocycles. The van der Waals surface area contributed by atoms with Gasteiger partial charge in [-0.3, -0.25) is 4.79 Å². The van der Waals surface area contributed by atoms with Gasteiger partial charge in [0.1, 0.15) is 11.9 Å². The van der Waals surface area contributed by atoms with E-state index in [1.54, 1.807) is 17.8 Å². The highest BCUT2D eigenvalue weighted by atomic mass is 32.2. The van der Waals surface area contributed by atoms with Crippen LogP contribution in [0.5, 0.6) is 5.75 Å². The number of Topliss-reactive ketones (excluding diaryl/α,β-unsaturated/α-hetero) is 1. The van der Waals surface area contributed by atoms with Crippen LogP contribution in [0, 0.1) is 0 Å². The van der Waals surface area contributed by atoms with E-state index >= 15 is 0 Å². The number of phenolic OH excluding ortho intramolecular Hbond substituents is 1. The van der Waals surface area contributed by atoms with Crippen LogP contribution in [0.15, 0.2) is 65.6 Å². The maximum absolute atomic E-state index is 11.9. The fourth-order valence-electron chi connectivity index (χ4n) is 4.52. The molecule has 1 aliphatic rings. The van der Waals surface area contributed by atoms with Gasteiger partial charge in [0.05, 0.1) is 5.56 Å². The monoisotopic (exact) mass is 505 g/mol. The largest absolute Gasteiger partial charge is 0.507 e. The summed E-state index contributed by atoms with van der Waals surface area (Å²) in [6, 6.07) is 20.0. The van der Waals surface area contributed by atoms with Gasteiger partial charge in [-0.05, 0) is 73.6 Å². The van der Waals surface area contributed by atoms with E-state index in [0.29, 0.717) is 11.3 Å². The van der Waals surface area contributed by atoms with Gasteiger partial charge in [0.2, 0.25) is 0 Å². The number of carbonyl (C=O) groups excluding carboxylic acids is 1. The van der Waals surface area contributed by atoms with Gasteiger partial charge >= 0.3 is 0 Å². The Kier molecular flexibility index (Phi) is 9.08. The molecule has 4 rings (SSSR count). The van der Waals surface area contributed by atoms with Gasteiger partial charge in [-0.2, -0.15) is 0 Å². The predicted octanol–water partition coefficient (Wildman–Crippen LogP) is 7.05. The molecular weight excluding hydrogens is 470 g/mol. The number of phenols is 1. The highest BCUT2D eigenvalue weighted by Gasteiger charge is 2.23. The van der Waals surface area contributed by atoms with Crippen LogP contribution in [0.2, 0.25) is 0 Å². The Morgan fingerprint density at radius 1 is 1.14 bits per heavy atom. The van der Waals surface area contributed by atoms with Gasteiger partial charge < -0.3 is 20.3 Å². The number of ether oxygens (including phenoxy) is 2. The average molecular weight is 506 g/mol. The summed E-state index contributed by atoms with van der Waals surface area (Å²) in [6.45, 7) is 4.29. The van der Waals surface area contributed by atoms with Gasteiger partial charge in [0.15, 0.2) is 12.1 Å². The van der Waals surface area contributed by atoms with E-state index in [9.17, 15) is 9.90 Å². The number of anilines is 1. The number of aromatic hydroxyl groups is 1. The Hall–Kier alpha value is -2.80. The summed E-state index contributed by atoms with van der Waals surface area (Å²) in [4.78, 5) is 12.9. The fraction of sp³-hybridized carbons (Fsp3) is 0.367. The van der Waals surface area contributed by atoms with Gasteiger partial charge in [-0.15, -0.1) is 11.8 Å². The molecule has 190 valence electrons. The van der Waals surface area contributed by atoms with Crippen molar-refractivity contribution in [1.82, 2.24) is 0 Å². The van der Waals surface area contributed by atoms with Gasteiger partial charge in [0.25, 0.3) is 0 Å². The Morgan fingerprint density at radius 3 is 2.61 bits per heavy atom. The third-order valence-electron chi connectivity index (χ3n) is 6.44. The van der Waals surface area contributed by atoms with Crippen LogP contribution in [0.3, 0.4) is 0 Å². The zero-order valence-electron chi connectivity index (χ0n) is 21.0. The van der Waals surface area contributed by atoms with Crippen molar-refractivity contribution in [1.29, 1.82) is 0 Å². The topological polar surface area (TPSA) is 81.8 Å². The lowest BCUT2D eigenvalue weighted by Crippen LogP contribution is -2.25. The fourth-order valence-corrected chi connectivity index (χ4v) is 5.57. The van der Waals surface area contributed by atoms with E-state index in [4.69, 9.17) is 15.2 Å². The first kappa shape index (κ1) is 26.3. The normalized spacial score (nSPS) is 16.6. The van der Waals surface area contributed by atoms with E-state index in [2.05, 4.69) is 31.2 Å². The lowest BCUT2D eigenvalue weighted by molar-refractivity contribution is -0.181. The van der Waals surface area contributed by atoms with E-state index in [-0.39, 0.29) is 23.9 Å². The molecule has 3 aromatic rings. The molecule has 1 heterocycles. The second kappa shape index (κ2) is 12.4. The molecule has 0 aliphatic carbocycles. The SMILES string of the molecule is CCCc1c(SCc2ccc(C(OC3CCCCO3)c3cccc(N)c3)cc2)ccc(C(C)=O)c1O. The first-order valence-corrected chi connectivity index (χ1v) is 13.6. The van der Waals surface area contributed by atoms with Crippen LogP contribution >= 0.6 is 11.8 Å². The number of ketones is 1. The highest BCUT2D eigenvalue weighted by Crippen LogP contribution is 2.36. The molecule has 1 fully saturated rings. The van der Waals surface area contributed by atoms with Crippen molar-refractivity contribution in [2.45, 2.75) is 69.0 Å². The molecule has 0 amide bonds. The summed E-state index contributed by atoms with van der Waals surface area (Å²) in [5, 5.41) is 10.7. The number of nitrogen functional groups attached to an aromatic ring is 1. The number of rotatable bonds is 10. The molecule has 0 spiro atoms. The molecule has 0 bridgehead atoms. The summed E-state index contributed by atoms with van der Waals surface area (Å²) in [5.41, 5.74) is 11.3. The van der Waals surface area contributed by atoms with E-state index in [1.165, 1.54) is 12.5 Å². The molecule has 0 radical (unpaired) electrons. The van der Waals surface area contributed by atoms with Crippen molar-refractivity contribution in [2.24, 2.45) is 0 Å². The number of benzene rings is 3. The Bertz CT molecular complexity index is 1170. The van der Waals surface area contributed by atoms with Gasteiger partial charge in [-0.1, -0.05) is 49.7 Å². The summed E-state index contributed by atoms with van der Waals surface area (Å²) >= 11 is 1.68. The molecule has 2 unspecified atom stereocenters. The first-order valence-electron chi connectivity index (χ1n) is 12.7. The number of hydrogen-bond donors (Lipinski definition) is 2. The van der Waals surface area contributed by atoms with Crippen LogP contribution < -0.4 is 5.73 Å². The number of carbonyl (C=O) groups is 1. The van der Waals surface area contributed by atoms with Crippen molar-refractivity contribution in [2.75, 3.05) is 12.3 Å². The van der Waals surface area contributed by atoms with Crippen LogP contribution in [0.4, 0.5) is 5.69 Å². The predicted molar refractivity (Wildman–Crippen MR) is 145 cm³/mol. The van der Waals surface area contributed by atoms with Gasteiger partial charge in [-0.25, -0.2) is 0 Å². The molecule has 6 heteroatoms. The van der Waals surface area contributed by atoms with Crippen molar-refractivity contribution < 1.29 is 19.4 Å². The summed E-state index contributed by atoms with van der Waals surface area (Å²) < 4.78 is 12.3. The summed E-state index contributed by atoms with van der Waals surface area (Å²) in [6.07, 6.45) is 4.22. The molecule has 3 aromatic carbocycles. The quantitative estimate of drug-likeness (QED) is 0.174. The molecule has 3 N–H and O–H groups in total. The minimum atomic E-state index is -0.259. The molecule has 1 saturated heterocycles. The van der Waals surface area contributed by atoms with Crippen LogP contribution in [0.25, 0.3) is 0 Å². The second-order valence-electron chi connectivity index (χ2n) is 9.26. The Labute approximate surface area is 218 Å². The number of thioether (sulfide) groups is 1. The van der Waals surface area contributed by atoms with E-state index in [0.717, 1.165) is 66.0 Å². The zero-order valence-corrected chi connectivity index (χ0v) is 21.9. The minimum absolute atomic E-state index is 0.118. The molecular formula is C30H35NO4S. The third-order valence-corrected chi connectivity index (χ3v) is 7.61.